The summed E-state index contributed by atoms with van der Waals surface area (Å²) in [5.41, 5.74) is 0. The van der Waals surface area contributed by atoms with E-state index in [0.717, 1.165) is 13.1 Å². The maximum atomic E-state index is 12.0. The van der Waals surface area contributed by atoms with Gasteiger partial charge in [-0.15, -0.1) is 35.3 Å². The van der Waals surface area contributed by atoms with Gasteiger partial charge in [0.1, 0.15) is 4.21 Å². The van der Waals surface area contributed by atoms with Crippen LogP contribution in [0.3, 0.4) is 0 Å². The van der Waals surface area contributed by atoms with E-state index in [9.17, 15) is 8.42 Å². The van der Waals surface area contributed by atoms with Crippen molar-refractivity contribution in [3.8, 4) is 0 Å². The molecule has 0 aliphatic heterocycles. The van der Waals surface area contributed by atoms with E-state index < -0.39 is 10.0 Å². The molecular weight excluding hydrogens is 485 g/mol. The lowest BCUT2D eigenvalue weighted by Crippen LogP contribution is -2.46. The second-order valence-corrected chi connectivity index (χ2v) is 9.12. The Morgan fingerprint density at radius 3 is 2.27 bits per heavy atom. The van der Waals surface area contributed by atoms with E-state index in [1.165, 1.54) is 11.3 Å². The van der Waals surface area contributed by atoms with E-state index in [0.29, 0.717) is 35.3 Å². The van der Waals surface area contributed by atoms with Crippen molar-refractivity contribution >= 4 is 51.3 Å². The Hall–Kier alpha value is -0.430. The fourth-order valence-electron chi connectivity index (χ4n) is 2.49. The Labute approximate surface area is 179 Å². The van der Waals surface area contributed by atoms with Crippen LogP contribution in [-0.4, -0.2) is 64.6 Å². The molecule has 1 aromatic heterocycles. The van der Waals surface area contributed by atoms with Crippen LogP contribution in [0.15, 0.2) is 26.7 Å². The minimum absolute atomic E-state index is 0. The monoisotopic (exact) mass is 517 g/mol. The predicted octanol–water partition coefficient (Wildman–Crippen LogP) is 1.93. The molecule has 0 radical (unpaired) electrons. The summed E-state index contributed by atoms with van der Waals surface area (Å²) in [6.45, 7) is 11.2. The van der Waals surface area contributed by atoms with Crippen LogP contribution < -0.4 is 15.4 Å². The summed E-state index contributed by atoms with van der Waals surface area (Å²) < 4.78 is 26.9. The third-order valence-electron chi connectivity index (χ3n) is 3.68. The molecule has 1 heterocycles. The standard InChI is InChI=1S/C16H31N5O2S2.HI/c1-13(2)21(14(3)4)11-10-19-16(17-5)18-8-9-20-25(22,23)15-7-6-12-24-15;/h6-7,12-14,20H,8-11H2,1-5H3,(H2,17,18,19);1H. The first-order chi connectivity index (χ1) is 11.8. The van der Waals surface area contributed by atoms with Crippen molar-refractivity contribution in [3.63, 3.8) is 0 Å². The summed E-state index contributed by atoms with van der Waals surface area (Å²) in [6.07, 6.45) is 0. The number of sulfonamides is 1. The first-order valence-corrected chi connectivity index (χ1v) is 10.9. The second kappa shape index (κ2) is 12.9. The number of rotatable bonds is 10. The highest BCUT2D eigenvalue weighted by atomic mass is 127. The molecule has 0 bridgehead atoms. The molecule has 3 N–H and O–H groups in total. The molecule has 0 unspecified atom stereocenters. The van der Waals surface area contributed by atoms with Crippen molar-refractivity contribution in [2.75, 3.05) is 33.2 Å². The van der Waals surface area contributed by atoms with E-state index in [1.807, 2.05) is 0 Å². The Kier molecular flexibility index (Phi) is 12.7. The van der Waals surface area contributed by atoms with Gasteiger partial charge in [-0.3, -0.25) is 9.89 Å². The fourth-order valence-corrected chi connectivity index (χ4v) is 4.56. The molecule has 0 saturated carbocycles. The minimum atomic E-state index is -3.41. The lowest BCUT2D eigenvalue weighted by atomic mass is 10.2. The Morgan fingerprint density at radius 1 is 1.15 bits per heavy atom. The average Bonchev–Trinajstić information content (AvgIpc) is 3.07. The van der Waals surface area contributed by atoms with Crippen LogP contribution in [0.5, 0.6) is 0 Å². The van der Waals surface area contributed by atoms with Crippen molar-refractivity contribution in [1.82, 2.24) is 20.3 Å². The normalized spacial score (nSPS) is 12.5. The highest BCUT2D eigenvalue weighted by Gasteiger charge is 2.14. The highest BCUT2D eigenvalue weighted by molar-refractivity contribution is 14.0. The predicted molar refractivity (Wildman–Crippen MR) is 121 cm³/mol. The molecule has 7 nitrogen and oxygen atoms in total. The summed E-state index contributed by atoms with van der Waals surface area (Å²) in [5, 5.41) is 8.12. The van der Waals surface area contributed by atoms with Gasteiger partial charge in [0.05, 0.1) is 0 Å². The van der Waals surface area contributed by atoms with Crippen molar-refractivity contribution in [2.45, 2.75) is 44.0 Å². The summed E-state index contributed by atoms with van der Waals surface area (Å²) in [7, 11) is -1.71. The lowest BCUT2D eigenvalue weighted by molar-refractivity contribution is 0.178. The maximum absolute atomic E-state index is 12.0. The Morgan fingerprint density at radius 2 is 1.77 bits per heavy atom. The molecule has 1 aromatic rings. The number of hydrogen-bond donors (Lipinski definition) is 3. The number of halogens is 1. The van der Waals surface area contributed by atoms with Gasteiger partial charge in [-0.25, -0.2) is 13.1 Å². The topological polar surface area (TPSA) is 85.8 Å². The summed E-state index contributed by atoms with van der Waals surface area (Å²) in [5.74, 6) is 0.669. The van der Waals surface area contributed by atoms with Crippen LogP contribution in [0.1, 0.15) is 27.7 Å². The fraction of sp³-hybridized carbons (Fsp3) is 0.688. The Bertz CT molecular complexity index is 611. The number of aliphatic imine (C=N–C) groups is 1. The molecule has 0 atom stereocenters. The van der Waals surface area contributed by atoms with Gasteiger partial charge in [-0.1, -0.05) is 6.07 Å². The molecule has 0 saturated heterocycles. The number of hydrogen-bond acceptors (Lipinski definition) is 5. The summed E-state index contributed by atoms with van der Waals surface area (Å²) in [6, 6.07) is 4.30. The zero-order valence-electron chi connectivity index (χ0n) is 16.2. The van der Waals surface area contributed by atoms with Gasteiger partial charge in [0.15, 0.2) is 5.96 Å². The second-order valence-electron chi connectivity index (χ2n) is 6.18. The number of nitrogens with zero attached hydrogens (tertiary/aromatic N) is 2. The van der Waals surface area contributed by atoms with Crippen LogP contribution >= 0.6 is 35.3 Å². The molecule has 0 aliphatic carbocycles. The van der Waals surface area contributed by atoms with Gasteiger partial charge in [-0.2, -0.15) is 0 Å². The molecule has 0 aromatic carbocycles. The zero-order valence-corrected chi connectivity index (χ0v) is 20.1. The molecule has 0 spiro atoms. The highest BCUT2D eigenvalue weighted by Crippen LogP contribution is 2.14. The summed E-state index contributed by atoms with van der Waals surface area (Å²) >= 11 is 1.21. The minimum Gasteiger partial charge on any atom is -0.355 e. The molecule has 26 heavy (non-hydrogen) atoms. The zero-order chi connectivity index (χ0) is 18.9. The molecule has 0 amide bonds. The van der Waals surface area contributed by atoms with Crippen LogP contribution in [-0.2, 0) is 10.0 Å². The summed E-state index contributed by atoms with van der Waals surface area (Å²) in [4.78, 5) is 6.56. The van der Waals surface area contributed by atoms with E-state index in [2.05, 4.69) is 52.9 Å². The molecule has 0 fully saturated rings. The average molecular weight is 518 g/mol. The van der Waals surface area contributed by atoms with Gasteiger partial charge in [0.25, 0.3) is 0 Å². The van der Waals surface area contributed by atoms with Crippen molar-refractivity contribution in [3.05, 3.63) is 17.5 Å². The molecule has 0 aliphatic rings. The molecule has 10 heteroatoms. The van der Waals surface area contributed by atoms with E-state index >= 15 is 0 Å². The molecular formula is C16H32IN5O2S2. The SMILES string of the molecule is CN=C(NCCNS(=O)(=O)c1cccs1)NCCN(C(C)C)C(C)C.I. The van der Waals surface area contributed by atoms with Crippen LogP contribution in [0.4, 0.5) is 0 Å². The van der Waals surface area contributed by atoms with Crippen LogP contribution in [0.25, 0.3) is 0 Å². The molecule has 1 rings (SSSR count). The lowest BCUT2D eigenvalue weighted by Gasteiger charge is -2.30. The van der Waals surface area contributed by atoms with Gasteiger partial charge in [-0.05, 0) is 39.1 Å². The van der Waals surface area contributed by atoms with E-state index in [1.54, 1.807) is 24.6 Å². The maximum Gasteiger partial charge on any atom is 0.250 e. The van der Waals surface area contributed by atoms with Crippen molar-refractivity contribution < 1.29 is 8.42 Å². The first kappa shape index (κ1) is 25.6. The molecule has 152 valence electrons. The Balaban J connectivity index is 0.00000625. The van der Waals surface area contributed by atoms with Gasteiger partial charge >= 0.3 is 0 Å². The number of guanidine groups is 1. The van der Waals surface area contributed by atoms with Crippen LogP contribution in [0.2, 0.25) is 0 Å². The van der Waals surface area contributed by atoms with Crippen molar-refractivity contribution in [2.24, 2.45) is 4.99 Å². The smallest absolute Gasteiger partial charge is 0.250 e. The van der Waals surface area contributed by atoms with Crippen LogP contribution in [0, 0.1) is 0 Å². The van der Waals surface area contributed by atoms with Crippen molar-refractivity contribution in [1.29, 1.82) is 0 Å². The third kappa shape index (κ3) is 8.98. The first-order valence-electron chi connectivity index (χ1n) is 8.51. The third-order valence-corrected chi connectivity index (χ3v) is 6.54. The van der Waals surface area contributed by atoms with E-state index in [-0.39, 0.29) is 24.0 Å². The van der Waals surface area contributed by atoms with E-state index in [4.69, 9.17) is 0 Å². The number of thiophene rings is 1. The van der Waals surface area contributed by atoms with Gasteiger partial charge < -0.3 is 10.6 Å². The quantitative estimate of drug-likeness (QED) is 0.191. The largest absolute Gasteiger partial charge is 0.355 e. The number of nitrogens with one attached hydrogen (secondary N) is 3. The van der Waals surface area contributed by atoms with Gasteiger partial charge in [0, 0.05) is 45.3 Å². The van der Waals surface area contributed by atoms with Gasteiger partial charge in [0.2, 0.25) is 10.0 Å².